The number of hydrogen-bond acceptors (Lipinski definition) is 3. The molecule has 2 aromatic rings. The SMILES string of the molecule is CN(c1cc(C(=O)NCC2CCCCC2)c2ccccc2n1)C1CCCCC1. The van der Waals surface area contributed by atoms with Crippen LogP contribution < -0.4 is 10.2 Å². The minimum Gasteiger partial charge on any atom is -0.357 e. The van der Waals surface area contributed by atoms with Gasteiger partial charge in [0.25, 0.3) is 5.91 Å². The van der Waals surface area contributed by atoms with Gasteiger partial charge in [0.05, 0.1) is 11.1 Å². The smallest absolute Gasteiger partial charge is 0.252 e. The topological polar surface area (TPSA) is 45.2 Å². The molecule has 28 heavy (non-hydrogen) atoms. The summed E-state index contributed by atoms with van der Waals surface area (Å²) in [6, 6.07) is 10.6. The molecule has 1 aromatic heterocycles. The molecule has 4 nitrogen and oxygen atoms in total. The minimum absolute atomic E-state index is 0.0440. The predicted molar refractivity (Wildman–Crippen MR) is 116 cm³/mol. The quantitative estimate of drug-likeness (QED) is 0.765. The highest BCUT2D eigenvalue weighted by atomic mass is 16.1. The fourth-order valence-corrected chi connectivity index (χ4v) is 4.91. The molecule has 0 spiro atoms. The normalized spacial score (nSPS) is 18.9. The summed E-state index contributed by atoms with van der Waals surface area (Å²) in [4.78, 5) is 20.3. The van der Waals surface area contributed by atoms with E-state index in [0.717, 1.165) is 28.8 Å². The third-order valence-electron chi connectivity index (χ3n) is 6.71. The first-order valence-electron chi connectivity index (χ1n) is 11.1. The first-order chi connectivity index (χ1) is 13.7. The van der Waals surface area contributed by atoms with Gasteiger partial charge in [-0.05, 0) is 43.7 Å². The Morgan fingerprint density at radius 3 is 2.46 bits per heavy atom. The Hall–Kier alpha value is -2.10. The highest BCUT2D eigenvalue weighted by molar-refractivity contribution is 6.07. The Labute approximate surface area is 168 Å². The molecule has 4 heteroatoms. The number of benzene rings is 1. The Balaban J connectivity index is 1.57. The molecular formula is C24H33N3O. The number of carbonyl (C=O) groups is 1. The van der Waals surface area contributed by atoms with E-state index in [9.17, 15) is 4.79 Å². The molecule has 2 fully saturated rings. The number of carbonyl (C=O) groups excluding carboxylic acids is 1. The van der Waals surface area contributed by atoms with Crippen LogP contribution in [0.4, 0.5) is 5.82 Å². The average molecular weight is 380 g/mol. The lowest BCUT2D eigenvalue weighted by molar-refractivity contribution is 0.0945. The zero-order valence-electron chi connectivity index (χ0n) is 17.1. The van der Waals surface area contributed by atoms with Gasteiger partial charge in [-0.15, -0.1) is 0 Å². The Bertz CT molecular complexity index is 807. The summed E-state index contributed by atoms with van der Waals surface area (Å²) < 4.78 is 0. The van der Waals surface area contributed by atoms with Gasteiger partial charge in [-0.3, -0.25) is 4.79 Å². The standard InChI is InChI=1S/C24H33N3O/c1-27(19-12-6-3-7-13-19)23-16-21(20-14-8-9-15-22(20)26-23)24(28)25-17-18-10-4-2-5-11-18/h8-9,14-16,18-19H,2-7,10-13,17H2,1H3,(H,25,28). The van der Waals surface area contributed by atoms with Crippen LogP contribution in [-0.4, -0.2) is 30.5 Å². The number of para-hydroxylation sites is 1. The largest absolute Gasteiger partial charge is 0.357 e. The number of anilines is 1. The van der Waals surface area contributed by atoms with Crippen LogP contribution in [0.3, 0.4) is 0 Å². The lowest BCUT2D eigenvalue weighted by atomic mass is 9.89. The van der Waals surface area contributed by atoms with Crippen molar-refractivity contribution in [1.82, 2.24) is 10.3 Å². The molecule has 0 aliphatic heterocycles. The first-order valence-corrected chi connectivity index (χ1v) is 11.1. The van der Waals surface area contributed by atoms with Crippen molar-refractivity contribution in [3.8, 4) is 0 Å². The van der Waals surface area contributed by atoms with E-state index < -0.39 is 0 Å². The predicted octanol–water partition coefficient (Wildman–Crippen LogP) is 5.31. The number of fused-ring (bicyclic) bond motifs is 1. The average Bonchev–Trinajstić information content (AvgIpc) is 2.77. The molecule has 0 saturated heterocycles. The minimum atomic E-state index is 0.0440. The molecule has 2 saturated carbocycles. The highest BCUT2D eigenvalue weighted by Gasteiger charge is 2.22. The monoisotopic (exact) mass is 379 g/mol. The molecule has 1 amide bonds. The van der Waals surface area contributed by atoms with E-state index >= 15 is 0 Å². The van der Waals surface area contributed by atoms with E-state index in [4.69, 9.17) is 4.98 Å². The number of nitrogens with one attached hydrogen (secondary N) is 1. The summed E-state index contributed by atoms with van der Waals surface area (Å²) >= 11 is 0. The number of rotatable bonds is 5. The van der Waals surface area contributed by atoms with Crippen LogP contribution in [0.1, 0.15) is 74.6 Å². The Kier molecular flexibility index (Phi) is 6.13. The number of aromatic nitrogens is 1. The van der Waals surface area contributed by atoms with Gasteiger partial charge in [0, 0.05) is 25.0 Å². The van der Waals surface area contributed by atoms with Crippen LogP contribution in [0.25, 0.3) is 10.9 Å². The Morgan fingerprint density at radius 2 is 1.71 bits per heavy atom. The summed E-state index contributed by atoms with van der Waals surface area (Å²) in [6.45, 7) is 0.795. The summed E-state index contributed by atoms with van der Waals surface area (Å²) in [5, 5.41) is 4.17. The second kappa shape index (κ2) is 8.93. The highest BCUT2D eigenvalue weighted by Crippen LogP contribution is 2.29. The molecular weight excluding hydrogens is 346 g/mol. The van der Waals surface area contributed by atoms with E-state index in [1.54, 1.807) is 0 Å². The van der Waals surface area contributed by atoms with Crippen LogP contribution in [0.2, 0.25) is 0 Å². The van der Waals surface area contributed by atoms with Gasteiger partial charge in [-0.1, -0.05) is 56.7 Å². The van der Waals surface area contributed by atoms with Crippen LogP contribution in [-0.2, 0) is 0 Å². The van der Waals surface area contributed by atoms with E-state index in [0.29, 0.717) is 12.0 Å². The number of pyridine rings is 1. The second-order valence-electron chi connectivity index (χ2n) is 8.66. The summed E-state index contributed by atoms with van der Waals surface area (Å²) in [5.74, 6) is 1.60. The van der Waals surface area contributed by atoms with Crippen LogP contribution in [0.5, 0.6) is 0 Å². The van der Waals surface area contributed by atoms with Gasteiger partial charge in [-0.25, -0.2) is 4.98 Å². The fraction of sp³-hybridized carbons (Fsp3) is 0.583. The second-order valence-corrected chi connectivity index (χ2v) is 8.66. The van der Waals surface area contributed by atoms with Crippen molar-refractivity contribution in [2.75, 3.05) is 18.5 Å². The first kappa shape index (κ1) is 19.2. The molecule has 150 valence electrons. The zero-order valence-corrected chi connectivity index (χ0v) is 17.1. The van der Waals surface area contributed by atoms with Crippen molar-refractivity contribution < 1.29 is 4.79 Å². The third kappa shape index (κ3) is 4.31. The fourth-order valence-electron chi connectivity index (χ4n) is 4.91. The maximum Gasteiger partial charge on any atom is 0.252 e. The van der Waals surface area contributed by atoms with Crippen LogP contribution in [0.15, 0.2) is 30.3 Å². The molecule has 0 radical (unpaired) electrons. The molecule has 4 rings (SSSR count). The van der Waals surface area contributed by atoms with E-state index in [-0.39, 0.29) is 5.91 Å². The van der Waals surface area contributed by atoms with Gasteiger partial charge < -0.3 is 10.2 Å². The number of hydrogen-bond donors (Lipinski definition) is 1. The van der Waals surface area contributed by atoms with Gasteiger partial charge >= 0.3 is 0 Å². The van der Waals surface area contributed by atoms with E-state index in [1.165, 1.54) is 64.2 Å². The molecule has 0 bridgehead atoms. The molecule has 1 heterocycles. The van der Waals surface area contributed by atoms with Gasteiger partial charge in [0.15, 0.2) is 0 Å². The lowest BCUT2D eigenvalue weighted by Gasteiger charge is -2.32. The molecule has 1 aromatic carbocycles. The maximum absolute atomic E-state index is 13.1. The van der Waals surface area contributed by atoms with Crippen molar-refractivity contribution in [1.29, 1.82) is 0 Å². The van der Waals surface area contributed by atoms with Crippen molar-refractivity contribution in [2.45, 2.75) is 70.3 Å². The van der Waals surface area contributed by atoms with Crippen LogP contribution >= 0.6 is 0 Å². The third-order valence-corrected chi connectivity index (χ3v) is 6.71. The zero-order chi connectivity index (χ0) is 19.3. The lowest BCUT2D eigenvalue weighted by Crippen LogP contribution is -2.34. The maximum atomic E-state index is 13.1. The summed E-state index contributed by atoms with van der Waals surface area (Å²) in [6.07, 6.45) is 12.8. The Morgan fingerprint density at radius 1 is 1.04 bits per heavy atom. The molecule has 2 aliphatic carbocycles. The van der Waals surface area contributed by atoms with Crippen molar-refractivity contribution in [3.63, 3.8) is 0 Å². The van der Waals surface area contributed by atoms with E-state index in [2.05, 4.69) is 17.3 Å². The summed E-state index contributed by atoms with van der Waals surface area (Å²) in [5.41, 5.74) is 1.67. The van der Waals surface area contributed by atoms with Crippen molar-refractivity contribution in [2.24, 2.45) is 5.92 Å². The summed E-state index contributed by atoms with van der Waals surface area (Å²) in [7, 11) is 2.14. The molecule has 0 atom stereocenters. The number of nitrogens with zero attached hydrogens (tertiary/aromatic N) is 2. The van der Waals surface area contributed by atoms with Crippen molar-refractivity contribution in [3.05, 3.63) is 35.9 Å². The molecule has 2 aliphatic rings. The van der Waals surface area contributed by atoms with Gasteiger partial charge in [-0.2, -0.15) is 0 Å². The van der Waals surface area contributed by atoms with E-state index in [1.807, 2.05) is 30.3 Å². The molecule has 1 N–H and O–H groups in total. The van der Waals surface area contributed by atoms with Crippen molar-refractivity contribution >= 4 is 22.6 Å². The molecule has 0 unspecified atom stereocenters. The number of amides is 1. The van der Waals surface area contributed by atoms with Crippen LogP contribution in [0, 0.1) is 5.92 Å². The van der Waals surface area contributed by atoms with Gasteiger partial charge in [0.1, 0.15) is 5.82 Å². The van der Waals surface area contributed by atoms with Gasteiger partial charge in [0.2, 0.25) is 0 Å².